The number of benzene rings is 2. The molecule has 182 valence electrons. The van der Waals surface area contributed by atoms with Crippen LogP contribution >= 0.6 is 11.3 Å². The first-order valence-corrected chi connectivity index (χ1v) is 12.4. The fourth-order valence-electron chi connectivity index (χ4n) is 4.65. The number of carbonyl (C=O) groups is 2. The van der Waals surface area contributed by atoms with Crippen molar-refractivity contribution in [1.82, 2.24) is 10.3 Å². The number of aromatic nitrogens is 1. The maximum Gasteiger partial charge on any atom is 0.275 e. The van der Waals surface area contributed by atoms with Gasteiger partial charge in [0.15, 0.2) is 0 Å². The molecule has 2 aliphatic rings. The molecule has 0 unspecified atom stereocenters. The molecule has 10 heteroatoms. The van der Waals surface area contributed by atoms with Crippen LogP contribution in [0.15, 0.2) is 41.8 Å². The highest BCUT2D eigenvalue weighted by Gasteiger charge is 2.39. The van der Waals surface area contributed by atoms with Gasteiger partial charge in [0, 0.05) is 36.5 Å². The van der Waals surface area contributed by atoms with Crippen molar-refractivity contribution < 1.29 is 19.4 Å². The van der Waals surface area contributed by atoms with E-state index in [1.54, 1.807) is 24.6 Å². The topological polar surface area (TPSA) is 130 Å². The second kappa shape index (κ2) is 9.20. The monoisotopic (exact) mass is 493 g/mol. The van der Waals surface area contributed by atoms with E-state index in [-0.39, 0.29) is 17.6 Å². The Bertz CT molecular complexity index is 1280. The van der Waals surface area contributed by atoms with E-state index in [0.29, 0.717) is 49.6 Å². The molecule has 0 aliphatic carbocycles. The molecule has 5 rings (SSSR count). The van der Waals surface area contributed by atoms with E-state index in [1.807, 2.05) is 17.0 Å². The van der Waals surface area contributed by atoms with Gasteiger partial charge in [-0.15, -0.1) is 11.3 Å². The normalized spacial score (nSPS) is 16.4. The molecule has 9 nitrogen and oxygen atoms in total. The van der Waals surface area contributed by atoms with Gasteiger partial charge < -0.3 is 31.1 Å². The molecule has 2 amide bonds. The number of thiazole rings is 1. The molecule has 1 saturated heterocycles. The number of fused-ring (bicyclic) bond motifs is 1. The Hall–Kier alpha value is -3.63. The Labute approximate surface area is 206 Å². The summed E-state index contributed by atoms with van der Waals surface area (Å²) in [5.41, 5.74) is 8.55. The summed E-state index contributed by atoms with van der Waals surface area (Å²) in [6.45, 7) is 1.77. The quantitative estimate of drug-likeness (QED) is 0.389. The van der Waals surface area contributed by atoms with Crippen LogP contribution < -0.4 is 26.0 Å². The molecule has 1 aromatic heterocycles. The highest BCUT2D eigenvalue weighted by Crippen LogP contribution is 2.35. The van der Waals surface area contributed by atoms with Crippen LogP contribution in [0.1, 0.15) is 28.9 Å². The summed E-state index contributed by atoms with van der Waals surface area (Å²) >= 11 is 1.41. The number of piperidine rings is 1. The molecular weight excluding hydrogens is 466 g/mol. The Morgan fingerprint density at radius 2 is 2.00 bits per heavy atom. The van der Waals surface area contributed by atoms with Crippen molar-refractivity contribution in [2.24, 2.45) is 5.73 Å². The lowest BCUT2D eigenvalue weighted by Gasteiger charge is -2.41. The molecule has 3 heterocycles. The summed E-state index contributed by atoms with van der Waals surface area (Å²) in [5, 5.41) is 18.6. The van der Waals surface area contributed by atoms with Crippen molar-refractivity contribution >= 4 is 34.5 Å². The SMILES string of the molecule is CNC1(C(N)=O)CCN(c2cc(O)ccc2NC(=O)c2csc(-c3ccc4c(c3)CCO4)n2)CC1. The largest absolute Gasteiger partial charge is 0.508 e. The number of phenolic OH excluding ortho intramolecular Hbond substituents is 1. The third kappa shape index (κ3) is 4.42. The highest BCUT2D eigenvalue weighted by atomic mass is 32.1. The average Bonchev–Trinajstić information content (AvgIpc) is 3.54. The molecule has 0 atom stereocenters. The van der Waals surface area contributed by atoms with Crippen LogP contribution in [0.25, 0.3) is 10.6 Å². The van der Waals surface area contributed by atoms with Gasteiger partial charge in [-0.05, 0) is 55.8 Å². The van der Waals surface area contributed by atoms with Crippen molar-refractivity contribution in [2.75, 3.05) is 37.0 Å². The minimum Gasteiger partial charge on any atom is -0.508 e. The average molecular weight is 494 g/mol. The van der Waals surface area contributed by atoms with Gasteiger partial charge in [-0.3, -0.25) is 9.59 Å². The molecule has 1 fully saturated rings. The lowest BCUT2D eigenvalue weighted by Crippen LogP contribution is -2.59. The minimum atomic E-state index is -0.753. The molecule has 3 aromatic rings. The maximum atomic E-state index is 13.1. The number of phenols is 1. The van der Waals surface area contributed by atoms with Crippen LogP contribution in [-0.2, 0) is 11.2 Å². The molecule has 0 spiro atoms. The number of aromatic hydroxyl groups is 1. The Morgan fingerprint density at radius 3 is 2.74 bits per heavy atom. The number of hydrogen-bond acceptors (Lipinski definition) is 8. The van der Waals surface area contributed by atoms with E-state index in [9.17, 15) is 14.7 Å². The van der Waals surface area contributed by atoms with Crippen molar-refractivity contribution in [3.05, 3.63) is 53.0 Å². The third-order valence-corrected chi connectivity index (χ3v) is 7.70. The number of primary amides is 1. The van der Waals surface area contributed by atoms with Crippen molar-refractivity contribution in [3.63, 3.8) is 0 Å². The van der Waals surface area contributed by atoms with Gasteiger partial charge in [-0.25, -0.2) is 4.98 Å². The molecule has 0 bridgehead atoms. The number of rotatable bonds is 6. The molecule has 0 radical (unpaired) electrons. The second-order valence-electron chi connectivity index (χ2n) is 8.80. The van der Waals surface area contributed by atoms with Crippen LogP contribution in [0.4, 0.5) is 11.4 Å². The third-order valence-electron chi connectivity index (χ3n) is 6.81. The zero-order valence-electron chi connectivity index (χ0n) is 19.3. The predicted molar refractivity (Wildman–Crippen MR) is 135 cm³/mol. The Morgan fingerprint density at radius 1 is 1.20 bits per heavy atom. The first-order valence-electron chi connectivity index (χ1n) is 11.5. The minimum absolute atomic E-state index is 0.0925. The van der Waals surface area contributed by atoms with Gasteiger partial charge in [0.2, 0.25) is 5.91 Å². The number of nitrogens with two attached hydrogens (primary N) is 1. The van der Waals surface area contributed by atoms with Crippen molar-refractivity contribution in [2.45, 2.75) is 24.8 Å². The number of nitrogens with zero attached hydrogens (tertiary/aromatic N) is 2. The van der Waals surface area contributed by atoms with Crippen LogP contribution in [0, 0.1) is 0 Å². The highest BCUT2D eigenvalue weighted by molar-refractivity contribution is 7.13. The first-order chi connectivity index (χ1) is 16.9. The molecule has 2 aliphatic heterocycles. The van der Waals surface area contributed by atoms with E-state index in [0.717, 1.165) is 28.3 Å². The molecule has 5 N–H and O–H groups in total. The fourth-order valence-corrected chi connectivity index (χ4v) is 5.45. The number of hydrogen-bond donors (Lipinski definition) is 4. The number of amides is 2. The van der Waals surface area contributed by atoms with E-state index in [4.69, 9.17) is 10.5 Å². The molecular formula is C25H27N5O4S. The lowest BCUT2D eigenvalue weighted by molar-refractivity contribution is -0.125. The van der Waals surface area contributed by atoms with E-state index < -0.39 is 5.54 Å². The summed E-state index contributed by atoms with van der Waals surface area (Å²) in [4.78, 5) is 31.6. The summed E-state index contributed by atoms with van der Waals surface area (Å²) in [7, 11) is 1.74. The number of ether oxygens (including phenoxy) is 1. The Kier molecular flexibility index (Phi) is 6.08. The zero-order chi connectivity index (χ0) is 24.6. The van der Waals surface area contributed by atoms with E-state index in [1.165, 1.54) is 17.4 Å². The van der Waals surface area contributed by atoms with Crippen molar-refractivity contribution in [3.8, 4) is 22.1 Å². The first kappa shape index (κ1) is 23.1. The lowest BCUT2D eigenvalue weighted by atomic mass is 9.86. The van der Waals surface area contributed by atoms with Crippen LogP contribution in [0.5, 0.6) is 11.5 Å². The zero-order valence-corrected chi connectivity index (χ0v) is 20.2. The number of nitrogens with one attached hydrogen (secondary N) is 2. The van der Waals surface area contributed by atoms with Gasteiger partial charge in [0.05, 0.1) is 18.0 Å². The van der Waals surface area contributed by atoms with E-state index in [2.05, 4.69) is 21.7 Å². The van der Waals surface area contributed by atoms with Gasteiger partial charge in [0.25, 0.3) is 5.91 Å². The second-order valence-corrected chi connectivity index (χ2v) is 9.66. The van der Waals surface area contributed by atoms with Crippen molar-refractivity contribution in [1.29, 1.82) is 0 Å². The smallest absolute Gasteiger partial charge is 0.275 e. The van der Waals surface area contributed by atoms with E-state index >= 15 is 0 Å². The van der Waals surface area contributed by atoms with Crippen LogP contribution in [0.3, 0.4) is 0 Å². The van der Waals surface area contributed by atoms with Crippen LogP contribution in [0.2, 0.25) is 0 Å². The molecule has 35 heavy (non-hydrogen) atoms. The Balaban J connectivity index is 1.33. The van der Waals surface area contributed by atoms with Gasteiger partial charge in [-0.2, -0.15) is 0 Å². The number of anilines is 2. The summed E-state index contributed by atoms with van der Waals surface area (Å²) in [6.07, 6.45) is 1.91. The standard InChI is InChI=1S/C25H27N5O4S/c1-27-25(24(26)33)7-9-30(10-8-25)20-13-17(31)3-4-18(20)28-22(32)19-14-35-23(29-19)16-2-5-21-15(12-16)6-11-34-21/h2-5,12-14,27,31H,6-11H2,1H3,(H2,26,33)(H,28,32). The van der Waals surface area contributed by atoms with Gasteiger partial charge in [0.1, 0.15) is 27.7 Å². The number of carbonyl (C=O) groups excluding carboxylic acids is 2. The predicted octanol–water partition coefficient (Wildman–Crippen LogP) is 2.75. The van der Waals surface area contributed by atoms with Gasteiger partial charge >= 0.3 is 0 Å². The molecule has 0 saturated carbocycles. The fraction of sp³-hybridized carbons (Fsp3) is 0.320. The van der Waals surface area contributed by atoms with Gasteiger partial charge in [-0.1, -0.05) is 0 Å². The summed E-state index contributed by atoms with van der Waals surface area (Å²) in [6, 6.07) is 10.8. The summed E-state index contributed by atoms with van der Waals surface area (Å²) < 4.78 is 5.57. The summed E-state index contributed by atoms with van der Waals surface area (Å²) in [5.74, 6) is 0.292. The number of likely N-dealkylation sites (N-methyl/N-ethyl adjacent to an activating group) is 1. The maximum absolute atomic E-state index is 13.1. The van der Waals surface area contributed by atoms with Crippen LogP contribution in [-0.4, -0.2) is 54.2 Å². The molecule has 2 aromatic carbocycles.